The molecule has 2 aromatic heterocycles. The Morgan fingerprint density at radius 2 is 1.93 bits per heavy atom. The number of rotatable bonds is 11. The Bertz CT molecular complexity index is 1170. The molecule has 45 heavy (non-hydrogen) atoms. The number of aliphatic hydroxyl groups is 2. The lowest BCUT2D eigenvalue weighted by Crippen LogP contribution is -2.54. The lowest BCUT2D eigenvalue weighted by atomic mass is 10.00. The Balaban J connectivity index is 1.89. The molecule has 0 unspecified atom stereocenters. The molecule has 13 nitrogen and oxygen atoms in total. The van der Waals surface area contributed by atoms with Crippen LogP contribution in [0.2, 0.25) is 0 Å². The lowest BCUT2D eigenvalue weighted by Gasteiger charge is -2.38. The van der Waals surface area contributed by atoms with Crippen molar-refractivity contribution in [3.8, 4) is 11.5 Å². The number of methoxy groups -OCH3 is 2. The Morgan fingerprint density at radius 3 is 2.60 bits per heavy atom. The zero-order valence-electron chi connectivity index (χ0n) is 27.2. The highest BCUT2D eigenvalue weighted by Crippen LogP contribution is 2.25. The van der Waals surface area contributed by atoms with Crippen LogP contribution >= 0.6 is 11.8 Å². The second kappa shape index (κ2) is 19.1. The summed E-state index contributed by atoms with van der Waals surface area (Å²) < 4.78 is 18.3. The second-order valence-electron chi connectivity index (χ2n) is 11.7. The molecule has 1 fully saturated rings. The number of hydrogen-bond donors (Lipinski definition) is 2. The Hall–Kier alpha value is -2.62. The number of aliphatic hydroxyl groups excluding tert-OH is 2. The molecule has 1 aliphatic rings. The summed E-state index contributed by atoms with van der Waals surface area (Å²) in [6.07, 6.45) is 1.25. The van der Waals surface area contributed by atoms with Crippen LogP contribution in [-0.4, -0.2) is 135 Å². The summed E-state index contributed by atoms with van der Waals surface area (Å²) in [5.74, 6) is 0.679. The molecule has 14 heteroatoms. The fraction of sp³-hybridized carbons (Fsp3) is 0.710. The van der Waals surface area contributed by atoms with E-state index in [-0.39, 0.29) is 55.8 Å². The van der Waals surface area contributed by atoms with E-state index in [0.29, 0.717) is 49.9 Å². The highest BCUT2D eigenvalue weighted by Gasteiger charge is 2.34. The molecular formula is C31H50N6O7S. The van der Waals surface area contributed by atoms with Crippen molar-refractivity contribution in [1.29, 1.82) is 0 Å². The minimum atomic E-state index is -1.27. The molecule has 1 saturated heterocycles. The van der Waals surface area contributed by atoms with E-state index in [1.165, 1.54) is 26.0 Å². The largest absolute Gasteiger partial charge is 0.388 e. The number of ether oxygens (including phenoxy) is 3. The quantitative estimate of drug-likeness (QED) is 0.344. The Labute approximate surface area is 270 Å². The highest BCUT2D eigenvalue weighted by atomic mass is 32.2. The van der Waals surface area contributed by atoms with Crippen LogP contribution in [0.1, 0.15) is 46.5 Å². The third kappa shape index (κ3) is 11.0. The predicted molar refractivity (Wildman–Crippen MR) is 171 cm³/mol. The molecule has 2 aromatic rings. The molecular weight excluding hydrogens is 600 g/mol. The SMILES string of the molecule is CCCn1c(SCC(=O)N2CCCCOC[C@@H](O)[C@@H](O)[C@H](OC)CN(C(=O)COC)C[C@@H]2CC(C)C)nnc1-c1ccccn1. The van der Waals surface area contributed by atoms with E-state index >= 15 is 0 Å². The van der Waals surface area contributed by atoms with Crippen LogP contribution in [0.3, 0.4) is 0 Å². The van der Waals surface area contributed by atoms with E-state index in [1.807, 2.05) is 27.7 Å². The summed E-state index contributed by atoms with van der Waals surface area (Å²) in [5, 5.41) is 30.8. The number of thioether (sulfide) groups is 1. The van der Waals surface area contributed by atoms with Gasteiger partial charge in [-0.2, -0.15) is 0 Å². The van der Waals surface area contributed by atoms with E-state index in [4.69, 9.17) is 14.2 Å². The number of amides is 2. The molecule has 1 aliphatic heterocycles. The average molecular weight is 651 g/mol. The summed E-state index contributed by atoms with van der Waals surface area (Å²) in [4.78, 5) is 35.2. The number of aromatic nitrogens is 4. The summed E-state index contributed by atoms with van der Waals surface area (Å²) in [6.45, 7) is 7.80. The third-order valence-electron chi connectivity index (χ3n) is 7.64. The Kier molecular flexibility index (Phi) is 15.7. The van der Waals surface area contributed by atoms with Gasteiger partial charge in [-0.15, -0.1) is 10.2 Å². The van der Waals surface area contributed by atoms with Crippen LogP contribution < -0.4 is 0 Å². The zero-order valence-corrected chi connectivity index (χ0v) is 28.0. The van der Waals surface area contributed by atoms with Gasteiger partial charge in [-0.1, -0.05) is 38.6 Å². The second-order valence-corrected chi connectivity index (χ2v) is 12.6. The summed E-state index contributed by atoms with van der Waals surface area (Å²) in [7, 11) is 2.87. The first-order valence-electron chi connectivity index (χ1n) is 15.7. The molecule has 252 valence electrons. The molecule has 3 rings (SSSR count). The van der Waals surface area contributed by atoms with Crippen molar-refractivity contribution in [3.63, 3.8) is 0 Å². The van der Waals surface area contributed by atoms with Gasteiger partial charge in [0.15, 0.2) is 11.0 Å². The highest BCUT2D eigenvalue weighted by molar-refractivity contribution is 7.99. The molecule has 0 saturated carbocycles. The minimum Gasteiger partial charge on any atom is -0.388 e. The van der Waals surface area contributed by atoms with Crippen LogP contribution in [0.4, 0.5) is 0 Å². The fourth-order valence-electron chi connectivity index (χ4n) is 5.39. The molecule has 4 atom stereocenters. The summed E-state index contributed by atoms with van der Waals surface area (Å²) in [5.41, 5.74) is 0.721. The maximum absolute atomic E-state index is 14.0. The van der Waals surface area contributed by atoms with E-state index in [0.717, 1.165) is 12.1 Å². The van der Waals surface area contributed by atoms with Gasteiger partial charge in [0.25, 0.3) is 0 Å². The Morgan fingerprint density at radius 1 is 1.13 bits per heavy atom. The molecule has 0 bridgehead atoms. The van der Waals surface area contributed by atoms with Gasteiger partial charge in [-0.05, 0) is 43.7 Å². The van der Waals surface area contributed by atoms with Gasteiger partial charge in [0.1, 0.15) is 30.6 Å². The summed E-state index contributed by atoms with van der Waals surface area (Å²) in [6, 6.07) is 5.34. The van der Waals surface area contributed by atoms with Gasteiger partial charge in [-0.3, -0.25) is 14.6 Å². The van der Waals surface area contributed by atoms with Gasteiger partial charge in [0, 0.05) is 59.2 Å². The van der Waals surface area contributed by atoms with E-state index in [1.54, 1.807) is 11.1 Å². The average Bonchev–Trinajstić information content (AvgIpc) is 3.43. The molecule has 0 aromatic carbocycles. The number of hydrogen-bond acceptors (Lipinski definition) is 11. The van der Waals surface area contributed by atoms with Crippen molar-refractivity contribution in [3.05, 3.63) is 24.4 Å². The van der Waals surface area contributed by atoms with Crippen molar-refractivity contribution in [1.82, 2.24) is 29.5 Å². The summed E-state index contributed by atoms with van der Waals surface area (Å²) >= 11 is 1.34. The lowest BCUT2D eigenvalue weighted by molar-refractivity contribution is -0.145. The molecule has 0 aliphatic carbocycles. The van der Waals surface area contributed by atoms with E-state index in [9.17, 15) is 19.8 Å². The first kappa shape index (κ1) is 36.8. The van der Waals surface area contributed by atoms with Crippen LogP contribution in [0.25, 0.3) is 11.5 Å². The first-order valence-corrected chi connectivity index (χ1v) is 16.7. The van der Waals surface area contributed by atoms with E-state index in [2.05, 4.69) is 36.0 Å². The zero-order chi connectivity index (χ0) is 32.8. The van der Waals surface area contributed by atoms with Crippen molar-refractivity contribution in [2.24, 2.45) is 5.92 Å². The molecule has 0 spiro atoms. The third-order valence-corrected chi connectivity index (χ3v) is 8.60. The maximum atomic E-state index is 14.0. The minimum absolute atomic E-state index is 0.0126. The first-order chi connectivity index (χ1) is 21.7. The van der Waals surface area contributed by atoms with Gasteiger partial charge in [-0.25, -0.2) is 0 Å². The van der Waals surface area contributed by atoms with Crippen LogP contribution in [0.15, 0.2) is 29.6 Å². The monoisotopic (exact) mass is 650 g/mol. The van der Waals surface area contributed by atoms with Gasteiger partial charge >= 0.3 is 0 Å². The van der Waals surface area contributed by atoms with Crippen LogP contribution in [0.5, 0.6) is 0 Å². The fourth-order valence-corrected chi connectivity index (χ4v) is 6.24. The standard InChI is InChI=1S/C31H50N6O7S/c1-6-13-37-30(24-11-7-8-12-32-24)33-34-31(37)45-21-28(40)36-14-9-10-15-44-19-25(38)29(41)26(43-5)18-35(27(39)20-42-4)17-23(36)16-22(2)3/h7-8,11-12,22-23,25-26,29,38,41H,6,9-10,13-21H2,1-5H3/t23-,25+,26+,29+/m0/s1. The number of pyridine rings is 1. The number of nitrogens with zero attached hydrogens (tertiary/aromatic N) is 6. The number of carbonyl (C=O) groups excluding carboxylic acids is 2. The maximum Gasteiger partial charge on any atom is 0.248 e. The van der Waals surface area contributed by atoms with Crippen LogP contribution in [0, 0.1) is 5.92 Å². The molecule has 0 radical (unpaired) electrons. The van der Waals surface area contributed by atoms with Crippen molar-refractivity contribution in [2.45, 2.75) is 82.5 Å². The van der Waals surface area contributed by atoms with E-state index < -0.39 is 18.3 Å². The topological polar surface area (TPSA) is 152 Å². The van der Waals surface area contributed by atoms with Crippen LogP contribution in [-0.2, 0) is 30.3 Å². The smallest absolute Gasteiger partial charge is 0.248 e. The number of carbonyl (C=O) groups is 2. The predicted octanol–water partition coefficient (Wildman–Crippen LogP) is 2.11. The molecule has 2 amide bonds. The molecule has 2 N–H and O–H groups in total. The molecule has 3 heterocycles. The van der Waals surface area contributed by atoms with Gasteiger partial charge < -0.3 is 38.8 Å². The van der Waals surface area contributed by atoms with Crippen molar-refractivity contribution < 1.29 is 34.0 Å². The normalized spacial score (nSPS) is 22.4. The van der Waals surface area contributed by atoms with Gasteiger partial charge in [0.05, 0.1) is 12.4 Å². The van der Waals surface area contributed by atoms with Crippen molar-refractivity contribution in [2.75, 3.05) is 59.4 Å². The van der Waals surface area contributed by atoms with Gasteiger partial charge in [0.2, 0.25) is 11.8 Å². The van der Waals surface area contributed by atoms with Crippen molar-refractivity contribution >= 4 is 23.6 Å².